The number of carbonyl (C=O) groups is 1. The van der Waals surface area contributed by atoms with Gasteiger partial charge in [-0.15, -0.1) is 0 Å². The highest BCUT2D eigenvalue weighted by molar-refractivity contribution is 5.69. The second-order valence-corrected chi connectivity index (χ2v) is 14.3. The van der Waals surface area contributed by atoms with Gasteiger partial charge in [-0.25, -0.2) is 0 Å². The predicted molar refractivity (Wildman–Crippen MR) is 207 cm³/mol. The van der Waals surface area contributed by atoms with Crippen LogP contribution in [0.2, 0.25) is 0 Å². The van der Waals surface area contributed by atoms with Crippen molar-refractivity contribution in [3.8, 4) is 0 Å². The van der Waals surface area contributed by atoms with Crippen molar-refractivity contribution in [1.82, 2.24) is 4.90 Å². The Morgan fingerprint density at radius 1 is 0.574 bits per heavy atom. The monoisotopic (exact) mass is 660 g/mol. The first-order chi connectivity index (χ1) is 23.0. The van der Waals surface area contributed by atoms with Gasteiger partial charge in [0.25, 0.3) is 0 Å². The molecule has 0 spiro atoms. The van der Waals surface area contributed by atoms with Crippen molar-refractivity contribution in [1.29, 1.82) is 0 Å². The second kappa shape index (κ2) is 37.4. The summed E-state index contributed by atoms with van der Waals surface area (Å²) in [5, 5.41) is 10.1. The van der Waals surface area contributed by atoms with Gasteiger partial charge >= 0.3 is 5.97 Å². The maximum Gasteiger partial charge on any atom is 0.306 e. The Hall–Kier alpha value is -1.39. The molecular weight excluding hydrogens is 578 g/mol. The molecule has 0 fully saturated rings. The highest BCUT2D eigenvalue weighted by atomic mass is 16.5. The quantitative estimate of drug-likeness (QED) is 0.0413. The lowest BCUT2D eigenvalue weighted by atomic mass is 10.0. The third-order valence-corrected chi connectivity index (χ3v) is 9.12. The number of aliphatic hydroxyl groups is 1. The number of ether oxygens (including phenoxy) is 1. The molecule has 0 aliphatic rings. The van der Waals surface area contributed by atoms with Crippen molar-refractivity contribution < 1.29 is 14.6 Å². The first kappa shape index (κ1) is 45.6. The van der Waals surface area contributed by atoms with Crippen LogP contribution in [0.15, 0.2) is 36.5 Å². The molecule has 0 bridgehead atoms. The van der Waals surface area contributed by atoms with Gasteiger partial charge in [0.15, 0.2) is 0 Å². The molecule has 47 heavy (non-hydrogen) atoms. The van der Waals surface area contributed by atoms with Gasteiger partial charge < -0.3 is 14.7 Å². The van der Waals surface area contributed by atoms with Crippen LogP contribution in [-0.2, 0) is 9.53 Å². The molecule has 0 rings (SSSR count). The lowest BCUT2D eigenvalue weighted by Crippen LogP contribution is -2.20. The minimum Gasteiger partial charge on any atom is -0.462 e. The molecule has 1 N–H and O–H groups in total. The predicted octanol–water partition coefficient (Wildman–Crippen LogP) is 12.8. The number of hydrogen-bond donors (Lipinski definition) is 1. The Labute approximate surface area is 294 Å². The number of unbranched alkanes of at least 4 members (excludes halogenated alkanes) is 18. The van der Waals surface area contributed by atoms with Gasteiger partial charge in [0.1, 0.15) is 6.10 Å². The van der Waals surface area contributed by atoms with Crippen LogP contribution in [0.3, 0.4) is 0 Å². The van der Waals surface area contributed by atoms with Crippen LogP contribution in [0, 0.1) is 0 Å². The standard InChI is InChI=1S/C43H81NO3/c1-5-7-9-11-12-13-14-15-16-17-18-19-22-25-28-32-37-42(47-43(46)39-34-40-44(3)4)38-33-29-26-23-20-21-24-27-31-36-41(45)35-30-10-8-6-2/h12-13,15-16,27,31,41-42,45H,5-11,14,17-26,28-30,32-40H2,1-4H3/b13-12+,16-15+,31-27+/t41-,42?/m0/s1. The summed E-state index contributed by atoms with van der Waals surface area (Å²) in [6.45, 7) is 5.42. The summed E-state index contributed by atoms with van der Waals surface area (Å²) in [6.07, 6.45) is 47.6. The van der Waals surface area contributed by atoms with Crippen LogP contribution < -0.4 is 0 Å². The van der Waals surface area contributed by atoms with Gasteiger partial charge in [-0.05, 0) is 111 Å². The topological polar surface area (TPSA) is 49.8 Å². The number of carbonyl (C=O) groups excluding carboxylic acids is 1. The largest absolute Gasteiger partial charge is 0.462 e. The van der Waals surface area contributed by atoms with Crippen LogP contribution in [0.5, 0.6) is 0 Å². The zero-order valence-corrected chi connectivity index (χ0v) is 32.0. The zero-order chi connectivity index (χ0) is 34.5. The molecule has 2 atom stereocenters. The molecule has 0 saturated heterocycles. The molecule has 4 heteroatoms. The van der Waals surface area contributed by atoms with Gasteiger partial charge in [0.05, 0.1) is 6.10 Å². The third kappa shape index (κ3) is 37.3. The van der Waals surface area contributed by atoms with Crippen molar-refractivity contribution in [3.05, 3.63) is 36.5 Å². The Bertz CT molecular complexity index is 729. The molecule has 4 nitrogen and oxygen atoms in total. The maximum absolute atomic E-state index is 12.5. The average Bonchev–Trinajstić information content (AvgIpc) is 3.05. The molecular formula is C43H81NO3. The van der Waals surface area contributed by atoms with Gasteiger partial charge in [-0.3, -0.25) is 4.79 Å². The summed E-state index contributed by atoms with van der Waals surface area (Å²) in [5.41, 5.74) is 0. The second-order valence-electron chi connectivity index (χ2n) is 14.3. The van der Waals surface area contributed by atoms with E-state index in [0.29, 0.717) is 6.42 Å². The molecule has 0 aromatic rings. The molecule has 0 radical (unpaired) electrons. The summed E-state index contributed by atoms with van der Waals surface area (Å²) in [7, 11) is 4.11. The van der Waals surface area contributed by atoms with Gasteiger partial charge in [-0.2, -0.15) is 0 Å². The SMILES string of the molecule is CCCCC/C=C/C/C=C/CCCCCCCCC(CCCCCCCC/C=C/C[C@@H](O)CCCCCC)OC(=O)CCCN(C)C. The number of esters is 1. The lowest BCUT2D eigenvalue weighted by Gasteiger charge is -2.18. The van der Waals surface area contributed by atoms with Crippen molar-refractivity contribution in [2.45, 2.75) is 212 Å². The van der Waals surface area contributed by atoms with E-state index < -0.39 is 0 Å². The smallest absolute Gasteiger partial charge is 0.306 e. The highest BCUT2D eigenvalue weighted by Crippen LogP contribution is 2.18. The van der Waals surface area contributed by atoms with E-state index in [1.165, 1.54) is 122 Å². The molecule has 0 heterocycles. The van der Waals surface area contributed by atoms with E-state index >= 15 is 0 Å². The Morgan fingerprint density at radius 3 is 1.57 bits per heavy atom. The van der Waals surface area contributed by atoms with E-state index in [1.807, 2.05) is 0 Å². The third-order valence-electron chi connectivity index (χ3n) is 9.12. The van der Waals surface area contributed by atoms with Crippen LogP contribution in [-0.4, -0.2) is 48.8 Å². The summed E-state index contributed by atoms with van der Waals surface area (Å²) >= 11 is 0. The van der Waals surface area contributed by atoms with Gasteiger partial charge in [-0.1, -0.05) is 140 Å². The Morgan fingerprint density at radius 2 is 1.02 bits per heavy atom. The zero-order valence-electron chi connectivity index (χ0n) is 32.0. The first-order valence-corrected chi connectivity index (χ1v) is 20.5. The molecule has 0 aromatic heterocycles. The number of aliphatic hydroxyl groups excluding tert-OH is 1. The lowest BCUT2D eigenvalue weighted by molar-refractivity contribution is -0.150. The molecule has 0 aromatic carbocycles. The van der Waals surface area contributed by atoms with Crippen molar-refractivity contribution in [3.63, 3.8) is 0 Å². The normalized spacial score (nSPS) is 13.5. The van der Waals surface area contributed by atoms with Crippen molar-refractivity contribution >= 4 is 5.97 Å². The van der Waals surface area contributed by atoms with E-state index in [2.05, 4.69) is 69.3 Å². The molecule has 0 aliphatic heterocycles. The average molecular weight is 660 g/mol. The Kier molecular flexibility index (Phi) is 36.3. The van der Waals surface area contributed by atoms with Crippen molar-refractivity contribution in [2.24, 2.45) is 0 Å². The van der Waals surface area contributed by atoms with Gasteiger partial charge in [0, 0.05) is 6.42 Å². The summed E-state index contributed by atoms with van der Waals surface area (Å²) in [5.74, 6) is -0.00560. The van der Waals surface area contributed by atoms with E-state index in [9.17, 15) is 9.90 Å². The summed E-state index contributed by atoms with van der Waals surface area (Å²) in [6, 6.07) is 0. The number of nitrogens with zero attached hydrogens (tertiary/aromatic N) is 1. The molecule has 0 saturated carbocycles. The summed E-state index contributed by atoms with van der Waals surface area (Å²) < 4.78 is 5.99. The Balaban J connectivity index is 4.03. The van der Waals surface area contributed by atoms with Crippen LogP contribution >= 0.6 is 0 Å². The molecule has 276 valence electrons. The van der Waals surface area contributed by atoms with Crippen LogP contribution in [0.1, 0.15) is 200 Å². The van der Waals surface area contributed by atoms with Crippen LogP contribution in [0.4, 0.5) is 0 Å². The fourth-order valence-corrected chi connectivity index (χ4v) is 6.04. The number of rotatable bonds is 36. The molecule has 0 aliphatic carbocycles. The van der Waals surface area contributed by atoms with Crippen molar-refractivity contribution in [2.75, 3.05) is 20.6 Å². The maximum atomic E-state index is 12.5. The first-order valence-electron chi connectivity index (χ1n) is 20.5. The minimum atomic E-state index is -0.162. The fourth-order valence-electron chi connectivity index (χ4n) is 6.04. The highest BCUT2D eigenvalue weighted by Gasteiger charge is 2.14. The molecule has 1 unspecified atom stereocenters. The minimum absolute atomic E-state index is 0.00560. The molecule has 0 amide bonds. The fraction of sp³-hybridized carbons (Fsp3) is 0.837. The van der Waals surface area contributed by atoms with E-state index in [0.717, 1.165) is 64.3 Å². The number of allylic oxidation sites excluding steroid dienone is 5. The van der Waals surface area contributed by atoms with Crippen LogP contribution in [0.25, 0.3) is 0 Å². The summed E-state index contributed by atoms with van der Waals surface area (Å²) in [4.78, 5) is 14.7. The number of hydrogen-bond acceptors (Lipinski definition) is 4. The van der Waals surface area contributed by atoms with E-state index in [1.54, 1.807) is 0 Å². The van der Waals surface area contributed by atoms with Gasteiger partial charge in [0.2, 0.25) is 0 Å². The van der Waals surface area contributed by atoms with E-state index in [-0.39, 0.29) is 18.2 Å². The van der Waals surface area contributed by atoms with E-state index in [4.69, 9.17) is 4.74 Å².